The Morgan fingerprint density at radius 3 is 2.82 bits per heavy atom. The lowest BCUT2D eigenvalue weighted by Gasteiger charge is -2.16. The molecule has 1 rings (SSSR count). The van der Waals surface area contributed by atoms with Gasteiger partial charge in [-0.3, -0.25) is 9.78 Å². The average molecular weight is 236 g/mol. The number of nitrogens with one attached hydrogen (secondary N) is 1. The van der Waals surface area contributed by atoms with Crippen LogP contribution in [0.4, 0.5) is 0 Å². The summed E-state index contributed by atoms with van der Waals surface area (Å²) < 4.78 is 0. The number of carboxylic acids is 1. The van der Waals surface area contributed by atoms with Crippen molar-refractivity contribution < 1.29 is 9.90 Å². The highest BCUT2D eigenvalue weighted by Crippen LogP contribution is 2.09. The van der Waals surface area contributed by atoms with Gasteiger partial charge >= 0.3 is 5.97 Å². The van der Waals surface area contributed by atoms with Gasteiger partial charge in [-0.1, -0.05) is 19.9 Å². The zero-order valence-electron chi connectivity index (χ0n) is 10.4. The van der Waals surface area contributed by atoms with Crippen LogP contribution in [-0.4, -0.2) is 29.1 Å². The maximum atomic E-state index is 11.0. The summed E-state index contributed by atoms with van der Waals surface area (Å²) in [5.74, 6) is -0.892. The Balaban J connectivity index is 2.26. The molecule has 0 spiro atoms. The number of pyridine rings is 1. The van der Waals surface area contributed by atoms with Crippen LogP contribution >= 0.6 is 0 Å². The van der Waals surface area contributed by atoms with Crippen molar-refractivity contribution in [1.29, 1.82) is 0 Å². The second-order valence-electron chi connectivity index (χ2n) is 4.50. The molecule has 0 aliphatic heterocycles. The molecule has 17 heavy (non-hydrogen) atoms. The number of hydrogen-bond donors (Lipinski definition) is 2. The topological polar surface area (TPSA) is 62.2 Å². The van der Waals surface area contributed by atoms with Gasteiger partial charge in [-0.15, -0.1) is 0 Å². The average Bonchev–Trinajstić information content (AvgIpc) is 2.29. The summed E-state index contributed by atoms with van der Waals surface area (Å²) >= 11 is 0. The summed E-state index contributed by atoms with van der Waals surface area (Å²) in [4.78, 5) is 15.0. The quantitative estimate of drug-likeness (QED) is 0.705. The van der Waals surface area contributed by atoms with Crippen LogP contribution in [-0.2, 0) is 11.2 Å². The van der Waals surface area contributed by atoms with E-state index in [0.717, 1.165) is 18.5 Å². The van der Waals surface area contributed by atoms with Crippen LogP contribution in [0.2, 0.25) is 0 Å². The Hall–Kier alpha value is -1.42. The number of nitrogens with zero attached hydrogens (tertiary/aromatic N) is 1. The molecule has 1 atom stereocenters. The van der Waals surface area contributed by atoms with Crippen LogP contribution in [0.1, 0.15) is 19.4 Å². The van der Waals surface area contributed by atoms with Gasteiger partial charge in [0.1, 0.15) is 0 Å². The molecule has 1 unspecified atom stereocenters. The number of hydrogen-bond acceptors (Lipinski definition) is 3. The van der Waals surface area contributed by atoms with Crippen molar-refractivity contribution in [3.8, 4) is 0 Å². The van der Waals surface area contributed by atoms with E-state index in [1.165, 1.54) is 0 Å². The SMILES string of the molecule is CC(C)C(CNCCc1cccnc1)C(=O)O. The summed E-state index contributed by atoms with van der Waals surface area (Å²) in [5.41, 5.74) is 1.16. The first-order chi connectivity index (χ1) is 8.11. The third-order valence-corrected chi connectivity index (χ3v) is 2.80. The van der Waals surface area contributed by atoms with Gasteiger partial charge in [0, 0.05) is 18.9 Å². The number of aromatic nitrogens is 1. The lowest BCUT2D eigenvalue weighted by atomic mass is 9.96. The lowest BCUT2D eigenvalue weighted by molar-refractivity contribution is -0.143. The van der Waals surface area contributed by atoms with E-state index in [-0.39, 0.29) is 11.8 Å². The molecule has 0 amide bonds. The minimum absolute atomic E-state index is 0.151. The monoisotopic (exact) mass is 236 g/mol. The van der Waals surface area contributed by atoms with Crippen LogP contribution in [0.25, 0.3) is 0 Å². The van der Waals surface area contributed by atoms with E-state index in [2.05, 4.69) is 10.3 Å². The highest BCUT2D eigenvalue weighted by Gasteiger charge is 2.20. The molecule has 0 aliphatic carbocycles. The summed E-state index contributed by atoms with van der Waals surface area (Å²) in [5, 5.41) is 12.2. The van der Waals surface area contributed by atoms with E-state index in [4.69, 9.17) is 5.11 Å². The third-order valence-electron chi connectivity index (χ3n) is 2.80. The zero-order chi connectivity index (χ0) is 12.7. The molecule has 0 radical (unpaired) electrons. The van der Waals surface area contributed by atoms with Crippen molar-refractivity contribution in [1.82, 2.24) is 10.3 Å². The van der Waals surface area contributed by atoms with Crippen LogP contribution in [0, 0.1) is 11.8 Å². The Morgan fingerprint density at radius 2 is 2.29 bits per heavy atom. The van der Waals surface area contributed by atoms with Gasteiger partial charge in [0.2, 0.25) is 0 Å². The van der Waals surface area contributed by atoms with E-state index in [1.54, 1.807) is 6.20 Å². The predicted octanol–water partition coefficient (Wildman–Crippen LogP) is 1.57. The maximum Gasteiger partial charge on any atom is 0.308 e. The van der Waals surface area contributed by atoms with Gasteiger partial charge in [0.05, 0.1) is 5.92 Å². The molecule has 1 aromatic rings. The Morgan fingerprint density at radius 1 is 1.53 bits per heavy atom. The first-order valence-electron chi connectivity index (χ1n) is 5.93. The fraction of sp³-hybridized carbons (Fsp3) is 0.538. The third kappa shape index (κ3) is 4.95. The fourth-order valence-electron chi connectivity index (χ4n) is 1.64. The lowest BCUT2D eigenvalue weighted by Crippen LogP contribution is -2.33. The molecule has 1 heterocycles. The van der Waals surface area contributed by atoms with Crippen molar-refractivity contribution >= 4 is 5.97 Å². The van der Waals surface area contributed by atoms with E-state index in [0.29, 0.717) is 6.54 Å². The van der Waals surface area contributed by atoms with E-state index in [1.807, 2.05) is 32.2 Å². The van der Waals surface area contributed by atoms with E-state index >= 15 is 0 Å². The van der Waals surface area contributed by atoms with Crippen molar-refractivity contribution in [2.24, 2.45) is 11.8 Å². The van der Waals surface area contributed by atoms with Crippen LogP contribution in [0.15, 0.2) is 24.5 Å². The standard InChI is InChI=1S/C13H20N2O2/c1-10(2)12(13(16)17)9-15-7-5-11-4-3-6-14-8-11/h3-4,6,8,10,12,15H,5,7,9H2,1-2H3,(H,16,17). The van der Waals surface area contributed by atoms with Gasteiger partial charge in [0.25, 0.3) is 0 Å². The predicted molar refractivity (Wildman–Crippen MR) is 66.8 cm³/mol. The molecule has 2 N–H and O–H groups in total. The molecule has 0 bridgehead atoms. The van der Waals surface area contributed by atoms with E-state index in [9.17, 15) is 4.79 Å². The highest BCUT2D eigenvalue weighted by molar-refractivity contribution is 5.70. The van der Waals surface area contributed by atoms with Crippen molar-refractivity contribution in [3.05, 3.63) is 30.1 Å². The van der Waals surface area contributed by atoms with Crippen LogP contribution in [0.3, 0.4) is 0 Å². The molecule has 0 aromatic carbocycles. The van der Waals surface area contributed by atoms with Gasteiger partial charge in [-0.05, 0) is 30.5 Å². The van der Waals surface area contributed by atoms with Gasteiger partial charge < -0.3 is 10.4 Å². The second kappa shape index (κ2) is 7.01. The molecule has 4 heteroatoms. The van der Waals surface area contributed by atoms with Crippen molar-refractivity contribution in [2.45, 2.75) is 20.3 Å². The Kier molecular flexibility index (Phi) is 5.63. The van der Waals surface area contributed by atoms with Gasteiger partial charge in [0.15, 0.2) is 0 Å². The fourth-order valence-corrected chi connectivity index (χ4v) is 1.64. The summed E-state index contributed by atoms with van der Waals surface area (Å²) in [6.45, 7) is 5.17. The number of aliphatic carboxylic acids is 1. The minimum atomic E-state index is -0.728. The molecule has 0 saturated heterocycles. The summed E-state index contributed by atoms with van der Waals surface area (Å²) in [6, 6.07) is 3.93. The first-order valence-corrected chi connectivity index (χ1v) is 5.93. The number of rotatable bonds is 7. The highest BCUT2D eigenvalue weighted by atomic mass is 16.4. The molecule has 94 valence electrons. The van der Waals surface area contributed by atoms with Crippen LogP contribution in [0.5, 0.6) is 0 Å². The molecule has 0 saturated carbocycles. The second-order valence-corrected chi connectivity index (χ2v) is 4.50. The van der Waals surface area contributed by atoms with Crippen molar-refractivity contribution in [2.75, 3.05) is 13.1 Å². The number of carboxylic acid groups (broad SMARTS) is 1. The molecule has 4 nitrogen and oxygen atoms in total. The largest absolute Gasteiger partial charge is 0.481 e. The maximum absolute atomic E-state index is 11.0. The van der Waals surface area contributed by atoms with Gasteiger partial charge in [-0.2, -0.15) is 0 Å². The Bertz CT molecular complexity index is 339. The Labute approximate surface area is 102 Å². The zero-order valence-corrected chi connectivity index (χ0v) is 10.4. The smallest absolute Gasteiger partial charge is 0.308 e. The van der Waals surface area contributed by atoms with Crippen molar-refractivity contribution in [3.63, 3.8) is 0 Å². The molecule has 0 aliphatic rings. The first kappa shape index (κ1) is 13.6. The molecule has 0 fully saturated rings. The summed E-state index contributed by atoms with van der Waals surface area (Å²) in [6.07, 6.45) is 4.45. The van der Waals surface area contributed by atoms with Crippen LogP contribution < -0.4 is 5.32 Å². The molecular formula is C13H20N2O2. The minimum Gasteiger partial charge on any atom is -0.481 e. The van der Waals surface area contributed by atoms with E-state index < -0.39 is 5.97 Å². The summed E-state index contributed by atoms with van der Waals surface area (Å²) in [7, 11) is 0. The molecule has 1 aromatic heterocycles. The van der Waals surface area contributed by atoms with Gasteiger partial charge in [-0.25, -0.2) is 0 Å². The normalized spacial score (nSPS) is 12.6. The molecular weight excluding hydrogens is 216 g/mol. The number of carbonyl (C=O) groups is 1.